The van der Waals surface area contributed by atoms with Gasteiger partial charge in [-0.15, -0.1) is 0 Å². The van der Waals surface area contributed by atoms with Crippen LogP contribution < -0.4 is 10.6 Å². The lowest BCUT2D eigenvalue weighted by Crippen LogP contribution is -2.59. The number of piperidine rings is 1. The Morgan fingerprint density at radius 1 is 0.974 bits per heavy atom. The summed E-state index contributed by atoms with van der Waals surface area (Å²) >= 11 is 0. The molecule has 8 nitrogen and oxygen atoms in total. The van der Waals surface area contributed by atoms with Gasteiger partial charge in [0.05, 0.1) is 30.1 Å². The molecule has 3 fully saturated rings. The summed E-state index contributed by atoms with van der Waals surface area (Å²) in [6, 6.07) is 8.60. The molecule has 0 spiro atoms. The van der Waals surface area contributed by atoms with E-state index >= 15 is 0 Å². The first-order valence-electron chi connectivity index (χ1n) is 14.4. The summed E-state index contributed by atoms with van der Waals surface area (Å²) in [4.78, 5) is 19.2. The number of benzene rings is 1. The van der Waals surface area contributed by atoms with Crippen molar-refractivity contribution in [2.24, 2.45) is 5.92 Å². The normalized spacial score (nSPS) is 22.8. The van der Waals surface area contributed by atoms with Crippen LogP contribution in [0.1, 0.15) is 44.9 Å². The molecular formula is C30H41N7O. The van der Waals surface area contributed by atoms with Crippen molar-refractivity contribution in [1.29, 1.82) is 0 Å². The minimum absolute atomic E-state index is 0.0488. The number of pyridine rings is 1. The Morgan fingerprint density at radius 2 is 1.84 bits per heavy atom. The number of rotatable bonds is 7. The summed E-state index contributed by atoms with van der Waals surface area (Å²) in [7, 11) is 1.92. The highest BCUT2D eigenvalue weighted by Crippen LogP contribution is 2.39. The lowest BCUT2D eigenvalue weighted by molar-refractivity contribution is 0.00146. The van der Waals surface area contributed by atoms with E-state index in [-0.39, 0.29) is 5.66 Å². The predicted molar refractivity (Wildman–Crippen MR) is 153 cm³/mol. The second-order valence-corrected chi connectivity index (χ2v) is 11.3. The molecule has 1 saturated carbocycles. The summed E-state index contributed by atoms with van der Waals surface area (Å²) in [5.41, 5.74) is 4.14. The van der Waals surface area contributed by atoms with Crippen LogP contribution in [0.3, 0.4) is 0 Å². The zero-order chi connectivity index (χ0) is 25.8. The largest absolute Gasteiger partial charge is 0.387 e. The topological polar surface area (TPSA) is 78.4 Å². The molecule has 2 N–H and O–H groups in total. The van der Waals surface area contributed by atoms with Gasteiger partial charge < -0.3 is 15.4 Å². The third-order valence-corrected chi connectivity index (χ3v) is 8.77. The van der Waals surface area contributed by atoms with E-state index in [1.165, 1.54) is 38.6 Å². The first kappa shape index (κ1) is 25.5. The average Bonchev–Trinajstić information content (AvgIpc) is 2.98. The highest BCUT2D eigenvalue weighted by molar-refractivity contribution is 5.92. The van der Waals surface area contributed by atoms with Gasteiger partial charge in [0.15, 0.2) is 0 Å². The van der Waals surface area contributed by atoms with Crippen LogP contribution in [0.4, 0.5) is 11.5 Å². The summed E-state index contributed by atoms with van der Waals surface area (Å²) in [5.74, 6) is 1.66. The minimum Gasteiger partial charge on any atom is -0.387 e. The van der Waals surface area contributed by atoms with Crippen molar-refractivity contribution < 1.29 is 4.74 Å². The van der Waals surface area contributed by atoms with E-state index in [0.717, 1.165) is 85.8 Å². The summed E-state index contributed by atoms with van der Waals surface area (Å²) in [5, 5.41) is 8.32. The molecule has 1 aliphatic carbocycles. The van der Waals surface area contributed by atoms with Gasteiger partial charge in [-0.05, 0) is 68.2 Å². The van der Waals surface area contributed by atoms with Gasteiger partial charge in [-0.3, -0.25) is 14.8 Å². The fourth-order valence-corrected chi connectivity index (χ4v) is 6.70. The zero-order valence-electron chi connectivity index (χ0n) is 22.7. The molecular weight excluding hydrogens is 474 g/mol. The van der Waals surface area contributed by atoms with Crippen LogP contribution >= 0.6 is 0 Å². The van der Waals surface area contributed by atoms with Crippen LogP contribution in [0.2, 0.25) is 0 Å². The molecule has 1 aromatic carbocycles. The molecule has 4 heterocycles. The number of hydrogen-bond acceptors (Lipinski definition) is 8. The van der Waals surface area contributed by atoms with Gasteiger partial charge in [0.25, 0.3) is 0 Å². The lowest BCUT2D eigenvalue weighted by atomic mass is 9.84. The minimum atomic E-state index is -0.0488. The van der Waals surface area contributed by atoms with Gasteiger partial charge in [-0.2, -0.15) is 0 Å². The van der Waals surface area contributed by atoms with E-state index in [1.54, 1.807) is 6.33 Å². The number of hydrogen-bond donors (Lipinski definition) is 2. The van der Waals surface area contributed by atoms with E-state index < -0.39 is 0 Å². The average molecular weight is 516 g/mol. The van der Waals surface area contributed by atoms with Crippen molar-refractivity contribution in [3.8, 4) is 11.1 Å². The maximum atomic E-state index is 5.59. The molecule has 0 amide bonds. The van der Waals surface area contributed by atoms with Crippen LogP contribution in [0.25, 0.3) is 22.0 Å². The molecule has 2 aromatic heterocycles. The number of fused-ring (bicyclic) bond motifs is 1. The van der Waals surface area contributed by atoms with Crippen LogP contribution in [-0.4, -0.2) is 83.4 Å². The van der Waals surface area contributed by atoms with Gasteiger partial charge >= 0.3 is 0 Å². The third kappa shape index (κ3) is 5.48. The number of anilines is 2. The van der Waals surface area contributed by atoms with Crippen LogP contribution in [0.15, 0.2) is 43.0 Å². The summed E-state index contributed by atoms with van der Waals surface area (Å²) in [6.07, 6.45) is 14.2. The van der Waals surface area contributed by atoms with Crippen molar-refractivity contribution in [1.82, 2.24) is 24.8 Å². The monoisotopic (exact) mass is 515 g/mol. The Balaban J connectivity index is 1.28. The van der Waals surface area contributed by atoms with Gasteiger partial charge in [0.1, 0.15) is 12.1 Å². The standard InChI is InChI=1S/C30H41N7O/c1-31-26-16-25(18-32-19-26)24-7-8-28-27(17-24)29(34-22-33-28)35-30(9-3-2-4-10-30)37-11-5-6-23(21-37)20-36-12-14-38-15-13-36/h7-8,16-19,22-23,31H,2-6,9-15,20-21H2,1H3,(H,33,34,35)/t23-/m1/s1. The molecule has 2 saturated heterocycles. The first-order valence-corrected chi connectivity index (χ1v) is 14.4. The van der Waals surface area contributed by atoms with Crippen molar-refractivity contribution in [2.75, 3.05) is 63.6 Å². The molecule has 1 atom stereocenters. The van der Waals surface area contributed by atoms with Crippen LogP contribution in [0.5, 0.6) is 0 Å². The number of nitrogens with one attached hydrogen (secondary N) is 2. The zero-order valence-corrected chi connectivity index (χ0v) is 22.7. The Morgan fingerprint density at radius 3 is 2.68 bits per heavy atom. The van der Waals surface area contributed by atoms with Crippen molar-refractivity contribution in [3.63, 3.8) is 0 Å². The maximum absolute atomic E-state index is 5.59. The Labute approximate surface area is 226 Å². The SMILES string of the molecule is CNc1cncc(-c2ccc3ncnc(NC4(N5CCC[C@H](CN6CCOCC6)C5)CCCCC4)c3c2)c1. The number of ether oxygens (including phenoxy) is 1. The smallest absolute Gasteiger partial charge is 0.138 e. The molecule has 3 aliphatic rings. The predicted octanol–water partition coefficient (Wildman–Crippen LogP) is 4.85. The molecule has 38 heavy (non-hydrogen) atoms. The Hall–Kier alpha value is -2.81. The van der Waals surface area contributed by atoms with E-state index in [1.807, 2.05) is 19.4 Å². The van der Waals surface area contributed by atoms with Crippen LogP contribution in [-0.2, 0) is 4.74 Å². The van der Waals surface area contributed by atoms with E-state index in [4.69, 9.17) is 9.72 Å². The molecule has 0 radical (unpaired) electrons. The Kier molecular flexibility index (Phi) is 7.72. The molecule has 3 aromatic rings. The second kappa shape index (κ2) is 11.5. The molecule has 0 bridgehead atoms. The highest BCUT2D eigenvalue weighted by Gasteiger charge is 2.41. The van der Waals surface area contributed by atoms with Gasteiger partial charge in [-0.25, -0.2) is 9.97 Å². The van der Waals surface area contributed by atoms with Gasteiger partial charge in [-0.1, -0.05) is 12.5 Å². The van der Waals surface area contributed by atoms with Crippen LogP contribution in [0, 0.1) is 5.92 Å². The van der Waals surface area contributed by atoms with Crippen molar-refractivity contribution in [2.45, 2.75) is 50.6 Å². The second-order valence-electron chi connectivity index (χ2n) is 11.3. The fraction of sp³-hybridized carbons (Fsp3) is 0.567. The lowest BCUT2D eigenvalue weighted by Gasteiger charge is -2.50. The quantitative estimate of drug-likeness (QED) is 0.462. The number of likely N-dealkylation sites (tertiary alicyclic amines) is 1. The maximum Gasteiger partial charge on any atom is 0.138 e. The summed E-state index contributed by atoms with van der Waals surface area (Å²) in [6.45, 7) is 7.39. The fourth-order valence-electron chi connectivity index (χ4n) is 6.70. The molecule has 0 unspecified atom stereocenters. The van der Waals surface area contributed by atoms with E-state index in [0.29, 0.717) is 5.92 Å². The number of morpholine rings is 1. The van der Waals surface area contributed by atoms with E-state index in [2.05, 4.69) is 54.7 Å². The first-order chi connectivity index (χ1) is 18.7. The van der Waals surface area contributed by atoms with E-state index in [9.17, 15) is 0 Å². The van der Waals surface area contributed by atoms with Crippen molar-refractivity contribution in [3.05, 3.63) is 43.0 Å². The van der Waals surface area contributed by atoms with Gasteiger partial charge in [0, 0.05) is 63.1 Å². The molecule has 8 heteroatoms. The van der Waals surface area contributed by atoms with Gasteiger partial charge in [0.2, 0.25) is 0 Å². The third-order valence-electron chi connectivity index (χ3n) is 8.77. The highest BCUT2D eigenvalue weighted by atomic mass is 16.5. The molecule has 202 valence electrons. The number of aromatic nitrogens is 3. The van der Waals surface area contributed by atoms with Crippen molar-refractivity contribution >= 4 is 22.4 Å². The Bertz CT molecular complexity index is 1220. The summed E-state index contributed by atoms with van der Waals surface area (Å²) < 4.78 is 5.59. The molecule has 6 rings (SSSR count). The number of nitrogens with zero attached hydrogens (tertiary/aromatic N) is 5. The molecule has 2 aliphatic heterocycles.